The Labute approximate surface area is 112 Å². The summed E-state index contributed by atoms with van der Waals surface area (Å²) in [5.74, 6) is 1.49. The number of nitriles is 2. The Hall–Kier alpha value is -2.46. The lowest BCUT2D eigenvalue weighted by Crippen LogP contribution is -2.05. The maximum absolute atomic E-state index is 8.83. The summed E-state index contributed by atoms with van der Waals surface area (Å²) in [6, 6.07) is 7.46. The third-order valence-electron chi connectivity index (χ3n) is 2.87. The molecule has 0 bridgehead atoms. The van der Waals surface area contributed by atoms with Crippen LogP contribution in [0.2, 0.25) is 0 Å². The van der Waals surface area contributed by atoms with Gasteiger partial charge in [0.05, 0.1) is 6.61 Å². The predicted molar refractivity (Wildman–Crippen MR) is 70.6 cm³/mol. The normalized spacial score (nSPS) is 15.7. The van der Waals surface area contributed by atoms with Crippen LogP contribution in [-0.2, 0) is 6.42 Å². The van der Waals surface area contributed by atoms with E-state index < -0.39 is 0 Å². The molecule has 1 aromatic carbocycles. The van der Waals surface area contributed by atoms with E-state index in [1.54, 1.807) is 0 Å². The number of nitrogens with zero attached hydrogens (tertiary/aromatic N) is 2. The molecule has 1 unspecified atom stereocenters. The third-order valence-corrected chi connectivity index (χ3v) is 2.87. The highest BCUT2D eigenvalue weighted by atomic mass is 16.5. The van der Waals surface area contributed by atoms with Gasteiger partial charge in [-0.05, 0) is 32.1 Å². The first-order valence-corrected chi connectivity index (χ1v) is 6.16. The van der Waals surface area contributed by atoms with E-state index in [1.807, 2.05) is 38.1 Å². The molecule has 0 saturated carbocycles. The molecule has 0 radical (unpaired) electrons. The van der Waals surface area contributed by atoms with Crippen molar-refractivity contribution in [2.24, 2.45) is 0 Å². The lowest BCUT2D eigenvalue weighted by atomic mass is 10.0. The summed E-state index contributed by atoms with van der Waals surface area (Å²) in [7, 11) is 0. The Morgan fingerprint density at radius 3 is 2.84 bits per heavy atom. The fourth-order valence-corrected chi connectivity index (χ4v) is 2.09. The second kappa shape index (κ2) is 5.46. The van der Waals surface area contributed by atoms with Crippen molar-refractivity contribution in [3.8, 4) is 23.6 Å². The minimum Gasteiger partial charge on any atom is -0.493 e. The Morgan fingerprint density at radius 2 is 2.21 bits per heavy atom. The minimum atomic E-state index is 0.0481. The van der Waals surface area contributed by atoms with Gasteiger partial charge in [0.25, 0.3) is 0 Å². The van der Waals surface area contributed by atoms with Crippen molar-refractivity contribution in [1.29, 1.82) is 10.5 Å². The van der Waals surface area contributed by atoms with Crippen molar-refractivity contribution >= 4 is 6.08 Å². The van der Waals surface area contributed by atoms with E-state index in [4.69, 9.17) is 20.0 Å². The van der Waals surface area contributed by atoms with Crippen LogP contribution in [0, 0.1) is 22.7 Å². The molecular weight excluding hydrogens is 240 g/mol. The third kappa shape index (κ3) is 2.69. The largest absolute Gasteiger partial charge is 0.493 e. The molecule has 0 aliphatic carbocycles. The fourth-order valence-electron chi connectivity index (χ4n) is 2.09. The molecule has 1 heterocycles. The first-order chi connectivity index (χ1) is 9.17. The molecule has 0 spiro atoms. The van der Waals surface area contributed by atoms with E-state index in [9.17, 15) is 0 Å². The Morgan fingerprint density at radius 1 is 1.47 bits per heavy atom. The molecule has 0 N–H and O–H groups in total. The van der Waals surface area contributed by atoms with Crippen molar-refractivity contribution in [1.82, 2.24) is 0 Å². The van der Waals surface area contributed by atoms with E-state index in [1.165, 1.54) is 6.08 Å². The van der Waals surface area contributed by atoms with Gasteiger partial charge < -0.3 is 9.47 Å². The van der Waals surface area contributed by atoms with Crippen LogP contribution >= 0.6 is 0 Å². The average molecular weight is 254 g/mol. The second-order valence-electron chi connectivity index (χ2n) is 4.34. The first-order valence-electron chi connectivity index (χ1n) is 6.16. The van der Waals surface area contributed by atoms with Crippen LogP contribution in [0.5, 0.6) is 11.5 Å². The molecular formula is C15H14N2O2. The summed E-state index contributed by atoms with van der Waals surface area (Å²) in [5.41, 5.74) is 1.85. The number of hydrogen-bond acceptors (Lipinski definition) is 4. The molecule has 96 valence electrons. The highest BCUT2D eigenvalue weighted by molar-refractivity contribution is 5.69. The average Bonchev–Trinajstić information content (AvgIpc) is 2.75. The fraction of sp³-hybridized carbons (Fsp3) is 0.333. The van der Waals surface area contributed by atoms with E-state index in [2.05, 4.69) is 0 Å². The van der Waals surface area contributed by atoms with Gasteiger partial charge in [-0.3, -0.25) is 0 Å². The minimum absolute atomic E-state index is 0.0481. The Kier molecular flexibility index (Phi) is 3.73. The summed E-state index contributed by atoms with van der Waals surface area (Å²) in [4.78, 5) is 0. The SMILES string of the molecule is CCOc1cc2c(cc1C=C(C#N)C#N)OC(C)C2. The zero-order valence-corrected chi connectivity index (χ0v) is 10.9. The Balaban J connectivity index is 2.48. The van der Waals surface area contributed by atoms with Crippen molar-refractivity contribution in [2.75, 3.05) is 6.61 Å². The van der Waals surface area contributed by atoms with E-state index in [0.717, 1.165) is 17.7 Å². The standard InChI is InChI=1S/C15H14N2O2/c1-3-18-14-6-12-4-10(2)19-15(12)7-13(14)5-11(8-16)9-17/h5-7,10H,3-4H2,1-2H3. The maximum Gasteiger partial charge on any atom is 0.130 e. The lowest BCUT2D eigenvalue weighted by molar-refractivity contribution is 0.254. The van der Waals surface area contributed by atoms with Crippen molar-refractivity contribution in [3.05, 3.63) is 28.8 Å². The number of hydrogen-bond donors (Lipinski definition) is 0. The van der Waals surface area contributed by atoms with Crippen LogP contribution in [-0.4, -0.2) is 12.7 Å². The van der Waals surface area contributed by atoms with Crippen LogP contribution < -0.4 is 9.47 Å². The van der Waals surface area contributed by atoms with Gasteiger partial charge in [0.2, 0.25) is 0 Å². The molecule has 2 rings (SSSR count). The predicted octanol–water partition coefficient (Wildman–Crippen LogP) is 2.84. The molecule has 4 heteroatoms. The van der Waals surface area contributed by atoms with E-state index in [-0.39, 0.29) is 11.7 Å². The van der Waals surface area contributed by atoms with Gasteiger partial charge in [-0.25, -0.2) is 0 Å². The molecule has 1 aliphatic heterocycles. The quantitative estimate of drug-likeness (QED) is 0.778. The monoisotopic (exact) mass is 254 g/mol. The van der Waals surface area contributed by atoms with Crippen molar-refractivity contribution in [2.45, 2.75) is 26.4 Å². The second-order valence-corrected chi connectivity index (χ2v) is 4.34. The van der Waals surface area contributed by atoms with Crippen molar-refractivity contribution < 1.29 is 9.47 Å². The molecule has 0 aromatic heterocycles. The Bertz CT molecular complexity index is 590. The highest BCUT2D eigenvalue weighted by Crippen LogP contribution is 2.36. The number of rotatable bonds is 3. The smallest absolute Gasteiger partial charge is 0.130 e. The topological polar surface area (TPSA) is 66.0 Å². The summed E-state index contributed by atoms with van der Waals surface area (Å²) >= 11 is 0. The van der Waals surface area contributed by atoms with Crippen LogP contribution in [0.25, 0.3) is 6.08 Å². The van der Waals surface area contributed by atoms with Gasteiger partial charge in [-0.2, -0.15) is 10.5 Å². The van der Waals surface area contributed by atoms with Crippen LogP contribution in [0.1, 0.15) is 25.0 Å². The summed E-state index contributed by atoms with van der Waals surface area (Å²) in [5, 5.41) is 17.7. The number of allylic oxidation sites excluding steroid dienone is 1. The molecule has 1 aromatic rings. The van der Waals surface area contributed by atoms with Gasteiger partial charge in [0.1, 0.15) is 35.3 Å². The molecule has 0 amide bonds. The van der Waals surface area contributed by atoms with Gasteiger partial charge in [-0.15, -0.1) is 0 Å². The molecule has 0 saturated heterocycles. The van der Waals surface area contributed by atoms with Gasteiger partial charge in [0, 0.05) is 17.5 Å². The summed E-state index contributed by atoms with van der Waals surface area (Å²) in [6.45, 7) is 4.44. The molecule has 1 aliphatic rings. The number of fused-ring (bicyclic) bond motifs is 1. The van der Waals surface area contributed by atoms with E-state index in [0.29, 0.717) is 17.9 Å². The van der Waals surface area contributed by atoms with Crippen LogP contribution in [0.3, 0.4) is 0 Å². The lowest BCUT2D eigenvalue weighted by Gasteiger charge is -2.09. The molecule has 4 nitrogen and oxygen atoms in total. The molecule has 0 fully saturated rings. The molecule has 1 atom stereocenters. The maximum atomic E-state index is 8.83. The van der Waals surface area contributed by atoms with Gasteiger partial charge >= 0.3 is 0 Å². The van der Waals surface area contributed by atoms with Crippen LogP contribution in [0.4, 0.5) is 0 Å². The summed E-state index contributed by atoms with van der Waals surface area (Å²) in [6.07, 6.45) is 2.52. The zero-order chi connectivity index (χ0) is 13.8. The van der Waals surface area contributed by atoms with Crippen molar-refractivity contribution in [3.63, 3.8) is 0 Å². The van der Waals surface area contributed by atoms with Crippen LogP contribution in [0.15, 0.2) is 17.7 Å². The summed E-state index contributed by atoms with van der Waals surface area (Å²) < 4.78 is 11.2. The highest BCUT2D eigenvalue weighted by Gasteiger charge is 2.21. The number of ether oxygens (including phenoxy) is 2. The molecule has 19 heavy (non-hydrogen) atoms. The van der Waals surface area contributed by atoms with E-state index >= 15 is 0 Å². The number of benzene rings is 1. The van der Waals surface area contributed by atoms with Gasteiger partial charge in [0.15, 0.2) is 0 Å². The first kappa shape index (κ1) is 13.0. The zero-order valence-electron chi connectivity index (χ0n) is 10.9. The van der Waals surface area contributed by atoms with Gasteiger partial charge in [-0.1, -0.05) is 0 Å².